The van der Waals surface area contributed by atoms with Gasteiger partial charge in [-0.3, -0.25) is 4.57 Å². The van der Waals surface area contributed by atoms with Gasteiger partial charge in [-0.25, -0.2) is 19.1 Å². The molecule has 0 spiro atoms. The zero-order chi connectivity index (χ0) is 26.5. The Morgan fingerprint density at radius 3 is 2.34 bits per heavy atom. The highest BCUT2D eigenvalue weighted by atomic mass is 35.5. The molecule has 0 saturated heterocycles. The van der Waals surface area contributed by atoms with E-state index in [4.69, 9.17) is 28.9 Å². The summed E-state index contributed by atoms with van der Waals surface area (Å²) in [6.07, 6.45) is -6.34. The Morgan fingerprint density at radius 1 is 1.08 bits per heavy atom. The SMILES string of the molecule is Cl.NC1(c2nc(Cn3nc(-c4ccc(Cl)cc4)n(C[C@H](O)C(F)(F)F)c3=O)nn2-c2ccccc2Cl)CC1. The number of para-hydroxylation sites is 1. The number of rotatable bonds is 7. The lowest BCUT2D eigenvalue weighted by Gasteiger charge is -2.15. The normalized spacial score (nSPS) is 15.2. The number of benzene rings is 2. The molecular weight excluding hydrogens is 570 g/mol. The summed E-state index contributed by atoms with van der Waals surface area (Å²) < 4.78 is 42.6. The summed E-state index contributed by atoms with van der Waals surface area (Å²) in [7, 11) is 0. The van der Waals surface area contributed by atoms with Crippen molar-refractivity contribution >= 4 is 35.6 Å². The van der Waals surface area contributed by atoms with E-state index in [1.165, 1.54) is 28.9 Å². The Balaban J connectivity index is 0.00000336. The Hall–Kier alpha value is -2.90. The summed E-state index contributed by atoms with van der Waals surface area (Å²) in [6.45, 7) is -1.30. The average Bonchev–Trinajstić information content (AvgIpc) is 3.33. The predicted octanol–water partition coefficient (Wildman–Crippen LogP) is 3.94. The number of aromatic nitrogens is 6. The van der Waals surface area contributed by atoms with Crippen LogP contribution >= 0.6 is 35.6 Å². The van der Waals surface area contributed by atoms with Gasteiger partial charge in [-0.15, -0.1) is 22.6 Å². The molecule has 1 aliphatic rings. The molecule has 2 aromatic carbocycles. The number of nitrogens with two attached hydrogens (primary N) is 1. The van der Waals surface area contributed by atoms with Gasteiger partial charge in [0.15, 0.2) is 23.6 Å². The Morgan fingerprint density at radius 2 is 1.74 bits per heavy atom. The predicted molar refractivity (Wildman–Crippen MR) is 137 cm³/mol. The Labute approximate surface area is 230 Å². The van der Waals surface area contributed by atoms with E-state index in [9.17, 15) is 23.1 Å². The van der Waals surface area contributed by atoms with Crippen molar-refractivity contribution < 1.29 is 18.3 Å². The fraction of sp³-hybridized carbons (Fsp3) is 0.304. The average molecular weight is 591 g/mol. The third-order valence-electron chi connectivity index (χ3n) is 6.02. The van der Waals surface area contributed by atoms with Gasteiger partial charge in [0, 0.05) is 10.6 Å². The van der Waals surface area contributed by atoms with Gasteiger partial charge >= 0.3 is 11.9 Å². The first-order chi connectivity index (χ1) is 17.5. The molecule has 0 unspecified atom stereocenters. The summed E-state index contributed by atoms with van der Waals surface area (Å²) in [5, 5.41) is 19.2. The molecule has 2 heterocycles. The lowest BCUT2D eigenvalue weighted by molar-refractivity contribution is -0.207. The summed E-state index contributed by atoms with van der Waals surface area (Å²) >= 11 is 12.3. The minimum atomic E-state index is -4.93. The minimum Gasteiger partial charge on any atom is -0.382 e. The monoisotopic (exact) mass is 589 g/mol. The largest absolute Gasteiger partial charge is 0.416 e. The molecule has 4 aromatic rings. The lowest BCUT2D eigenvalue weighted by Crippen LogP contribution is -2.37. The van der Waals surface area contributed by atoms with Crippen molar-refractivity contribution in [3.63, 3.8) is 0 Å². The first kappa shape index (κ1) is 28.1. The number of alkyl halides is 3. The zero-order valence-corrected chi connectivity index (χ0v) is 21.8. The second kappa shape index (κ2) is 10.3. The highest BCUT2D eigenvalue weighted by Crippen LogP contribution is 2.42. The maximum absolute atomic E-state index is 13.2. The molecule has 38 heavy (non-hydrogen) atoms. The third-order valence-corrected chi connectivity index (χ3v) is 6.59. The fourth-order valence-corrected chi connectivity index (χ4v) is 4.17. The smallest absolute Gasteiger partial charge is 0.382 e. The van der Waals surface area contributed by atoms with E-state index in [1.54, 1.807) is 24.3 Å². The molecule has 1 fully saturated rings. The first-order valence-electron chi connectivity index (χ1n) is 11.1. The van der Waals surface area contributed by atoms with Gasteiger partial charge in [-0.2, -0.15) is 13.2 Å². The summed E-state index contributed by atoms with van der Waals surface area (Å²) in [5.74, 6) is 0.541. The molecular formula is C23H21Cl3F3N7O2. The lowest BCUT2D eigenvalue weighted by atomic mass is 10.2. The maximum atomic E-state index is 13.2. The van der Waals surface area contributed by atoms with Gasteiger partial charge in [-0.1, -0.05) is 35.3 Å². The van der Waals surface area contributed by atoms with Gasteiger partial charge < -0.3 is 10.8 Å². The van der Waals surface area contributed by atoms with Crippen molar-refractivity contribution in [2.24, 2.45) is 5.73 Å². The van der Waals surface area contributed by atoms with Crippen molar-refractivity contribution in [1.29, 1.82) is 0 Å². The van der Waals surface area contributed by atoms with E-state index in [0.717, 1.165) is 9.25 Å². The molecule has 1 aliphatic carbocycles. The van der Waals surface area contributed by atoms with Crippen molar-refractivity contribution in [1.82, 2.24) is 29.1 Å². The number of hydrogen-bond donors (Lipinski definition) is 2. The van der Waals surface area contributed by atoms with Gasteiger partial charge in [0.25, 0.3) is 0 Å². The second-order valence-corrected chi connectivity index (χ2v) is 9.65. The number of aliphatic hydroxyl groups excluding tert-OH is 1. The number of hydrogen-bond acceptors (Lipinski definition) is 6. The molecule has 1 atom stereocenters. The fourth-order valence-electron chi connectivity index (χ4n) is 3.83. The Kier molecular flexibility index (Phi) is 7.65. The molecule has 5 rings (SSSR count). The standard InChI is InChI=1S/C23H20Cl2F3N7O2.ClH/c24-14-7-5-13(6-8-14)19-32-34(21(37)33(19)11-17(36)23(26,27)28)12-18-30-20(22(29)9-10-22)35(31-18)16-4-2-1-3-15(16)25;/h1-8,17,36H,9-12,29H2;1H/t17-;/m0./s1. The third kappa shape index (κ3) is 5.45. The molecule has 0 bridgehead atoms. The number of halogens is 6. The van der Waals surface area contributed by atoms with Crippen LogP contribution in [0.5, 0.6) is 0 Å². The van der Waals surface area contributed by atoms with Crippen LogP contribution in [0.1, 0.15) is 24.5 Å². The summed E-state index contributed by atoms with van der Waals surface area (Å²) in [6, 6.07) is 13.0. The highest BCUT2D eigenvalue weighted by Gasteiger charge is 2.45. The van der Waals surface area contributed by atoms with Crippen LogP contribution in [0.15, 0.2) is 53.3 Å². The Bertz CT molecular complexity index is 1510. The van der Waals surface area contributed by atoms with Crippen molar-refractivity contribution in [2.45, 2.75) is 43.8 Å². The van der Waals surface area contributed by atoms with Crippen molar-refractivity contribution in [3.8, 4) is 17.1 Å². The van der Waals surface area contributed by atoms with Crippen LogP contribution in [-0.4, -0.2) is 46.5 Å². The molecule has 3 N–H and O–H groups in total. The molecule has 0 amide bonds. The quantitative estimate of drug-likeness (QED) is 0.337. The van der Waals surface area contributed by atoms with Gasteiger partial charge in [0.05, 0.1) is 22.8 Å². The van der Waals surface area contributed by atoms with Crippen LogP contribution in [0.4, 0.5) is 13.2 Å². The molecule has 9 nitrogen and oxygen atoms in total. The van der Waals surface area contributed by atoms with E-state index in [-0.39, 0.29) is 30.6 Å². The van der Waals surface area contributed by atoms with Gasteiger partial charge in [0.1, 0.15) is 6.54 Å². The first-order valence-corrected chi connectivity index (χ1v) is 11.9. The van der Waals surface area contributed by atoms with Crippen molar-refractivity contribution in [3.05, 3.63) is 80.7 Å². The minimum absolute atomic E-state index is 0. The molecule has 15 heteroatoms. The molecule has 2 aromatic heterocycles. The van der Waals surface area contributed by atoms with Gasteiger partial charge in [-0.05, 0) is 49.2 Å². The van der Waals surface area contributed by atoms with Crippen LogP contribution in [0.2, 0.25) is 10.0 Å². The highest BCUT2D eigenvalue weighted by molar-refractivity contribution is 6.32. The maximum Gasteiger partial charge on any atom is 0.416 e. The zero-order valence-electron chi connectivity index (χ0n) is 19.4. The molecule has 202 valence electrons. The van der Waals surface area contributed by atoms with E-state index in [0.29, 0.717) is 40.0 Å². The van der Waals surface area contributed by atoms with E-state index >= 15 is 0 Å². The van der Waals surface area contributed by atoms with Crippen LogP contribution in [0.25, 0.3) is 17.1 Å². The van der Waals surface area contributed by atoms with Gasteiger partial charge in [0.2, 0.25) is 0 Å². The number of aliphatic hydroxyl groups is 1. The van der Waals surface area contributed by atoms with E-state index < -0.39 is 30.1 Å². The second-order valence-electron chi connectivity index (χ2n) is 8.81. The van der Waals surface area contributed by atoms with E-state index in [2.05, 4.69) is 15.2 Å². The van der Waals surface area contributed by atoms with Crippen LogP contribution in [-0.2, 0) is 18.6 Å². The molecule has 1 saturated carbocycles. The topological polar surface area (TPSA) is 117 Å². The molecule has 0 aliphatic heterocycles. The van der Waals surface area contributed by atoms with Crippen LogP contribution in [0.3, 0.4) is 0 Å². The summed E-state index contributed by atoms with van der Waals surface area (Å²) in [4.78, 5) is 17.7. The van der Waals surface area contributed by atoms with Crippen molar-refractivity contribution in [2.75, 3.05) is 0 Å². The molecule has 0 radical (unpaired) electrons. The van der Waals surface area contributed by atoms with Crippen LogP contribution in [0, 0.1) is 0 Å². The number of nitrogens with zero attached hydrogens (tertiary/aromatic N) is 6. The van der Waals surface area contributed by atoms with Crippen LogP contribution < -0.4 is 11.4 Å². The summed E-state index contributed by atoms with van der Waals surface area (Å²) in [5.41, 5.74) is 5.70. The van der Waals surface area contributed by atoms with E-state index in [1.807, 2.05) is 0 Å².